The van der Waals surface area contributed by atoms with E-state index >= 15 is 0 Å². The van der Waals surface area contributed by atoms with E-state index in [2.05, 4.69) is 24.2 Å². The lowest BCUT2D eigenvalue weighted by Crippen LogP contribution is -2.24. The van der Waals surface area contributed by atoms with Crippen molar-refractivity contribution in [3.05, 3.63) is 23.2 Å². The van der Waals surface area contributed by atoms with Gasteiger partial charge in [0.25, 0.3) is 0 Å². The fraction of sp³-hybridized carbons (Fsp3) is 0.562. The Labute approximate surface area is 160 Å². The summed E-state index contributed by atoms with van der Waals surface area (Å²) < 4.78 is 5.10. The number of benzene rings is 1. The molecule has 0 fully saturated rings. The number of nitrogens with one attached hydrogen (secondary N) is 1. The average molecular weight is 456 g/mol. The lowest BCUT2D eigenvalue weighted by Gasteiger charge is -2.16. The van der Waals surface area contributed by atoms with Gasteiger partial charge in [0, 0.05) is 18.8 Å². The van der Waals surface area contributed by atoms with E-state index in [0.717, 1.165) is 18.5 Å². The zero-order valence-electron chi connectivity index (χ0n) is 13.9. The molecular formula is C16H27ClIN3O2. The predicted molar refractivity (Wildman–Crippen MR) is 108 cm³/mol. The molecule has 0 aliphatic heterocycles. The maximum absolute atomic E-state index is 9.11. The molecule has 1 atom stereocenters. The monoisotopic (exact) mass is 455 g/mol. The Morgan fingerprint density at radius 1 is 1.43 bits per heavy atom. The molecule has 0 radical (unpaired) electrons. The highest BCUT2D eigenvalue weighted by molar-refractivity contribution is 14.0. The molecule has 0 amide bonds. The molecule has 1 rings (SSSR count). The summed E-state index contributed by atoms with van der Waals surface area (Å²) in [5, 5.41) is 12.6. The standard InChI is InChI=1S/C16H26ClN3O2.HI/c1-11(2)8-12(6-7-21)10-19-16(18)20-13-4-5-15(22-3)14(17)9-13;/h4-5,9,11-12,21H,6-8,10H2,1-3H3,(H3,18,19,20);1H. The summed E-state index contributed by atoms with van der Waals surface area (Å²) in [5.74, 6) is 1.86. The number of guanidine groups is 1. The second-order valence-corrected chi connectivity index (χ2v) is 6.12. The summed E-state index contributed by atoms with van der Waals surface area (Å²) >= 11 is 6.07. The van der Waals surface area contributed by atoms with Crippen molar-refractivity contribution in [2.45, 2.75) is 26.7 Å². The second-order valence-electron chi connectivity index (χ2n) is 5.71. The van der Waals surface area contributed by atoms with E-state index < -0.39 is 0 Å². The number of halogens is 2. The first-order chi connectivity index (χ1) is 10.5. The molecule has 7 heteroatoms. The summed E-state index contributed by atoms with van der Waals surface area (Å²) in [4.78, 5) is 4.36. The van der Waals surface area contributed by atoms with Crippen LogP contribution in [0.2, 0.25) is 5.02 Å². The van der Waals surface area contributed by atoms with Crippen molar-refractivity contribution in [2.24, 2.45) is 22.6 Å². The maximum Gasteiger partial charge on any atom is 0.193 e. The van der Waals surface area contributed by atoms with Crippen LogP contribution in [0.5, 0.6) is 5.75 Å². The third-order valence-corrected chi connectivity index (χ3v) is 3.58. The summed E-state index contributed by atoms with van der Waals surface area (Å²) in [5.41, 5.74) is 6.66. The van der Waals surface area contributed by atoms with Crippen LogP contribution < -0.4 is 15.8 Å². The van der Waals surface area contributed by atoms with Crippen molar-refractivity contribution in [3.8, 4) is 5.75 Å². The number of nitrogens with two attached hydrogens (primary N) is 1. The topological polar surface area (TPSA) is 79.9 Å². The minimum Gasteiger partial charge on any atom is -0.495 e. The molecule has 23 heavy (non-hydrogen) atoms. The first-order valence-electron chi connectivity index (χ1n) is 7.47. The zero-order chi connectivity index (χ0) is 16.5. The quantitative estimate of drug-likeness (QED) is 0.317. The molecule has 5 nitrogen and oxygen atoms in total. The van der Waals surface area contributed by atoms with E-state index in [4.69, 9.17) is 27.2 Å². The number of nitrogens with zero attached hydrogens (tertiary/aromatic N) is 1. The first kappa shape index (κ1) is 22.3. The molecule has 1 unspecified atom stereocenters. The molecule has 4 N–H and O–H groups in total. The molecule has 0 aromatic heterocycles. The Morgan fingerprint density at radius 2 is 2.13 bits per heavy atom. The summed E-state index contributed by atoms with van der Waals surface area (Å²) in [7, 11) is 1.57. The molecule has 1 aromatic carbocycles. The highest BCUT2D eigenvalue weighted by Crippen LogP contribution is 2.27. The van der Waals surface area contributed by atoms with Crippen LogP contribution in [-0.2, 0) is 0 Å². The normalized spacial score (nSPS) is 12.7. The van der Waals surface area contributed by atoms with Crippen LogP contribution in [0.1, 0.15) is 26.7 Å². The molecule has 0 aliphatic carbocycles. The predicted octanol–water partition coefficient (Wildman–Crippen LogP) is 3.74. The van der Waals surface area contributed by atoms with Crippen molar-refractivity contribution in [1.29, 1.82) is 0 Å². The molecular weight excluding hydrogens is 429 g/mol. The number of rotatable bonds is 8. The maximum atomic E-state index is 9.11. The minimum absolute atomic E-state index is 0. The number of anilines is 1. The Bertz CT molecular complexity index is 498. The van der Waals surface area contributed by atoms with Crippen molar-refractivity contribution in [2.75, 3.05) is 25.6 Å². The van der Waals surface area contributed by atoms with Gasteiger partial charge in [0.1, 0.15) is 5.75 Å². The number of aliphatic imine (C=N–C) groups is 1. The molecule has 0 saturated heterocycles. The highest BCUT2D eigenvalue weighted by Gasteiger charge is 2.10. The van der Waals surface area contributed by atoms with Gasteiger partial charge in [-0.2, -0.15) is 0 Å². The van der Waals surface area contributed by atoms with Crippen LogP contribution in [-0.4, -0.2) is 31.3 Å². The SMILES string of the molecule is COc1ccc(NC(N)=NCC(CCO)CC(C)C)cc1Cl.I. The van der Waals surface area contributed by atoms with Gasteiger partial charge in [0.15, 0.2) is 5.96 Å². The van der Waals surface area contributed by atoms with Crippen LogP contribution in [0.25, 0.3) is 0 Å². The third-order valence-electron chi connectivity index (χ3n) is 3.29. The molecule has 0 bridgehead atoms. The largest absolute Gasteiger partial charge is 0.495 e. The summed E-state index contributed by atoms with van der Waals surface area (Å²) in [6.45, 7) is 5.10. The Hall–Kier alpha value is -0.730. The summed E-state index contributed by atoms with van der Waals surface area (Å²) in [6, 6.07) is 5.33. The van der Waals surface area contributed by atoms with Gasteiger partial charge < -0.3 is 20.9 Å². The molecule has 0 aliphatic rings. The van der Waals surface area contributed by atoms with E-state index in [0.29, 0.717) is 35.1 Å². The number of hydrogen-bond acceptors (Lipinski definition) is 3. The van der Waals surface area contributed by atoms with Crippen LogP contribution in [0.4, 0.5) is 5.69 Å². The number of aliphatic hydroxyl groups excluding tert-OH is 1. The van der Waals surface area contributed by atoms with E-state index in [9.17, 15) is 0 Å². The molecule has 0 spiro atoms. The van der Waals surface area contributed by atoms with Crippen molar-refractivity contribution in [3.63, 3.8) is 0 Å². The molecule has 0 saturated carbocycles. The van der Waals surface area contributed by atoms with E-state index in [1.54, 1.807) is 19.2 Å². The van der Waals surface area contributed by atoms with Crippen LogP contribution >= 0.6 is 35.6 Å². The summed E-state index contributed by atoms with van der Waals surface area (Å²) in [6.07, 6.45) is 1.76. The fourth-order valence-electron chi connectivity index (χ4n) is 2.29. The van der Waals surface area contributed by atoms with Gasteiger partial charge in [-0.25, -0.2) is 0 Å². The van der Waals surface area contributed by atoms with Gasteiger partial charge in [0.05, 0.1) is 12.1 Å². The highest BCUT2D eigenvalue weighted by atomic mass is 127. The van der Waals surface area contributed by atoms with Crippen molar-refractivity contribution >= 4 is 47.2 Å². The molecule has 0 heterocycles. The lowest BCUT2D eigenvalue weighted by atomic mass is 9.94. The van der Waals surface area contributed by atoms with Crippen LogP contribution in [0.15, 0.2) is 23.2 Å². The third kappa shape index (κ3) is 8.62. The van der Waals surface area contributed by atoms with Crippen molar-refractivity contribution in [1.82, 2.24) is 0 Å². The fourth-order valence-corrected chi connectivity index (χ4v) is 2.55. The van der Waals surface area contributed by atoms with E-state index in [1.807, 2.05) is 6.07 Å². The van der Waals surface area contributed by atoms with E-state index in [-0.39, 0.29) is 30.6 Å². The number of methoxy groups -OCH3 is 1. The Kier molecular flexibility index (Phi) is 11.4. The van der Waals surface area contributed by atoms with E-state index in [1.165, 1.54) is 0 Å². The minimum atomic E-state index is 0. The Balaban J connectivity index is 0.00000484. The number of aliphatic hydroxyl groups is 1. The molecule has 132 valence electrons. The van der Waals surface area contributed by atoms with Gasteiger partial charge in [-0.15, -0.1) is 24.0 Å². The van der Waals surface area contributed by atoms with Gasteiger partial charge in [-0.1, -0.05) is 25.4 Å². The molecule has 1 aromatic rings. The average Bonchev–Trinajstić information content (AvgIpc) is 2.45. The van der Waals surface area contributed by atoms with Gasteiger partial charge in [-0.05, 0) is 42.9 Å². The van der Waals surface area contributed by atoms with Crippen LogP contribution in [0.3, 0.4) is 0 Å². The second kappa shape index (κ2) is 11.8. The lowest BCUT2D eigenvalue weighted by molar-refractivity contribution is 0.246. The first-order valence-corrected chi connectivity index (χ1v) is 7.85. The van der Waals surface area contributed by atoms with Crippen LogP contribution in [0, 0.1) is 11.8 Å². The zero-order valence-corrected chi connectivity index (χ0v) is 17.0. The van der Waals surface area contributed by atoms with Gasteiger partial charge in [-0.3, -0.25) is 4.99 Å². The van der Waals surface area contributed by atoms with Gasteiger partial charge >= 0.3 is 0 Å². The van der Waals surface area contributed by atoms with Gasteiger partial charge in [0.2, 0.25) is 0 Å². The number of hydrogen-bond donors (Lipinski definition) is 3. The Morgan fingerprint density at radius 3 is 2.65 bits per heavy atom. The number of ether oxygens (including phenoxy) is 1. The van der Waals surface area contributed by atoms with Crippen molar-refractivity contribution < 1.29 is 9.84 Å². The smallest absolute Gasteiger partial charge is 0.193 e.